The van der Waals surface area contributed by atoms with Gasteiger partial charge in [0.25, 0.3) is 0 Å². The summed E-state index contributed by atoms with van der Waals surface area (Å²) >= 11 is 0. The fourth-order valence-electron chi connectivity index (χ4n) is 3.56. The highest BCUT2D eigenvalue weighted by Crippen LogP contribution is 2.26. The molecule has 1 atom stereocenters. The number of hydrogen-bond acceptors (Lipinski definition) is 5. The van der Waals surface area contributed by atoms with Crippen molar-refractivity contribution in [3.8, 4) is 0 Å². The Bertz CT molecular complexity index is 711. The Morgan fingerprint density at radius 1 is 1.24 bits per heavy atom. The number of carboxylic acid groups (broad SMARTS) is 1. The molecule has 2 aliphatic heterocycles. The largest absolute Gasteiger partial charge is 0.465 e. The van der Waals surface area contributed by atoms with E-state index in [-0.39, 0.29) is 10.9 Å². The van der Waals surface area contributed by atoms with Crippen molar-refractivity contribution in [1.82, 2.24) is 23.9 Å². The summed E-state index contributed by atoms with van der Waals surface area (Å²) in [6.45, 7) is 3.39. The molecule has 2 saturated heterocycles. The fraction of sp³-hybridized carbons (Fsp3) is 0.733. The summed E-state index contributed by atoms with van der Waals surface area (Å²) in [5, 5.41) is 13.0. The van der Waals surface area contributed by atoms with Gasteiger partial charge in [0.1, 0.15) is 4.90 Å². The first kappa shape index (κ1) is 18.2. The second-order valence-corrected chi connectivity index (χ2v) is 8.58. The average molecular weight is 371 g/mol. The van der Waals surface area contributed by atoms with E-state index in [1.165, 1.54) is 22.0 Å². The molecule has 2 fully saturated rings. The van der Waals surface area contributed by atoms with Crippen molar-refractivity contribution in [3.05, 3.63) is 12.4 Å². The molecule has 25 heavy (non-hydrogen) atoms. The van der Waals surface area contributed by atoms with E-state index in [4.69, 9.17) is 5.11 Å². The molecular formula is C15H25N5O4S. The van der Waals surface area contributed by atoms with E-state index in [1.807, 2.05) is 0 Å². The molecule has 10 heteroatoms. The fourth-order valence-corrected chi connectivity index (χ4v) is 5.23. The van der Waals surface area contributed by atoms with Crippen molar-refractivity contribution in [2.45, 2.75) is 30.2 Å². The lowest BCUT2D eigenvalue weighted by Crippen LogP contribution is -2.54. The zero-order chi connectivity index (χ0) is 18.0. The summed E-state index contributed by atoms with van der Waals surface area (Å²) < 4.78 is 29.0. The van der Waals surface area contributed by atoms with Crippen molar-refractivity contribution in [2.24, 2.45) is 7.05 Å². The molecule has 0 spiro atoms. The van der Waals surface area contributed by atoms with E-state index in [1.54, 1.807) is 11.4 Å². The number of aromatic nitrogens is 2. The SMILES string of the molecule is Cn1cc(S(=O)(=O)N2CCCCC2CN2CCN(C(=O)O)CC2)cn1. The maximum Gasteiger partial charge on any atom is 0.407 e. The molecule has 0 aromatic carbocycles. The predicted octanol–water partition coefficient (Wildman–Crippen LogP) is 0.259. The minimum absolute atomic E-state index is 0.0738. The molecule has 0 saturated carbocycles. The second-order valence-electron chi connectivity index (χ2n) is 6.69. The van der Waals surface area contributed by atoms with Gasteiger partial charge >= 0.3 is 6.09 Å². The van der Waals surface area contributed by atoms with E-state index in [2.05, 4.69) is 10.00 Å². The van der Waals surface area contributed by atoms with Crippen molar-refractivity contribution in [1.29, 1.82) is 0 Å². The molecule has 0 radical (unpaired) electrons. The van der Waals surface area contributed by atoms with Crippen LogP contribution in [0.1, 0.15) is 19.3 Å². The van der Waals surface area contributed by atoms with Gasteiger partial charge in [0.05, 0.1) is 6.20 Å². The molecule has 3 rings (SSSR count). The molecule has 1 unspecified atom stereocenters. The second kappa shape index (κ2) is 7.30. The van der Waals surface area contributed by atoms with Gasteiger partial charge in [0.2, 0.25) is 10.0 Å². The van der Waals surface area contributed by atoms with Crippen LogP contribution in [0.15, 0.2) is 17.3 Å². The van der Waals surface area contributed by atoms with Gasteiger partial charge in [-0.1, -0.05) is 6.42 Å². The molecule has 9 nitrogen and oxygen atoms in total. The number of amides is 1. The van der Waals surface area contributed by atoms with E-state index >= 15 is 0 Å². The summed E-state index contributed by atoms with van der Waals surface area (Å²) in [6, 6.07) is -0.0738. The van der Waals surface area contributed by atoms with Gasteiger partial charge in [-0.3, -0.25) is 9.58 Å². The monoisotopic (exact) mass is 371 g/mol. The van der Waals surface area contributed by atoms with Crippen LogP contribution < -0.4 is 0 Å². The van der Waals surface area contributed by atoms with E-state index in [0.29, 0.717) is 39.3 Å². The highest BCUT2D eigenvalue weighted by atomic mass is 32.2. The summed E-state index contributed by atoms with van der Waals surface area (Å²) in [4.78, 5) is 14.8. The quantitative estimate of drug-likeness (QED) is 0.815. The first-order chi connectivity index (χ1) is 11.9. The zero-order valence-corrected chi connectivity index (χ0v) is 15.2. The summed E-state index contributed by atoms with van der Waals surface area (Å²) in [5.74, 6) is 0. The molecule has 1 amide bonds. The van der Waals surface area contributed by atoms with E-state index in [9.17, 15) is 13.2 Å². The lowest BCUT2D eigenvalue weighted by Gasteiger charge is -2.40. The summed E-state index contributed by atoms with van der Waals surface area (Å²) in [7, 11) is -1.84. The van der Waals surface area contributed by atoms with Crippen LogP contribution in [0.2, 0.25) is 0 Å². The van der Waals surface area contributed by atoms with Gasteiger partial charge in [0.15, 0.2) is 0 Å². The molecule has 1 aromatic heterocycles. The Morgan fingerprint density at radius 3 is 2.56 bits per heavy atom. The minimum Gasteiger partial charge on any atom is -0.465 e. The summed E-state index contributed by atoms with van der Waals surface area (Å²) in [6.07, 6.45) is 4.75. The smallest absolute Gasteiger partial charge is 0.407 e. The van der Waals surface area contributed by atoms with Crippen molar-refractivity contribution < 1.29 is 18.3 Å². The summed E-state index contributed by atoms with van der Waals surface area (Å²) in [5.41, 5.74) is 0. The van der Waals surface area contributed by atoms with E-state index < -0.39 is 16.1 Å². The Balaban J connectivity index is 1.68. The molecule has 0 bridgehead atoms. The van der Waals surface area contributed by atoms with E-state index in [0.717, 1.165) is 19.3 Å². The van der Waals surface area contributed by atoms with Crippen molar-refractivity contribution >= 4 is 16.1 Å². The first-order valence-electron chi connectivity index (χ1n) is 8.58. The number of piperidine rings is 1. The van der Waals surface area contributed by atoms with Crippen LogP contribution in [-0.2, 0) is 17.1 Å². The number of rotatable bonds is 4. The number of nitrogens with zero attached hydrogens (tertiary/aromatic N) is 5. The van der Waals surface area contributed by atoms with Gasteiger partial charge in [-0.15, -0.1) is 0 Å². The number of sulfonamides is 1. The highest BCUT2D eigenvalue weighted by Gasteiger charge is 2.35. The third-order valence-electron chi connectivity index (χ3n) is 4.97. The molecule has 1 aromatic rings. The topological polar surface area (TPSA) is 99.0 Å². The Morgan fingerprint density at radius 2 is 1.96 bits per heavy atom. The van der Waals surface area contributed by atoms with Crippen molar-refractivity contribution in [2.75, 3.05) is 39.3 Å². The van der Waals surface area contributed by atoms with Crippen LogP contribution in [0, 0.1) is 0 Å². The third kappa shape index (κ3) is 3.96. The average Bonchev–Trinajstić information content (AvgIpc) is 3.03. The standard InChI is InChI=1S/C15H25N5O4S/c1-17-12-14(10-16-17)25(23,24)20-5-3-2-4-13(20)11-18-6-8-19(9-7-18)15(21)22/h10,12-13H,2-9,11H2,1H3,(H,21,22). The lowest BCUT2D eigenvalue weighted by molar-refractivity contribution is 0.0902. The Kier molecular flexibility index (Phi) is 5.30. The van der Waals surface area contributed by atoms with Gasteiger partial charge in [-0.05, 0) is 12.8 Å². The zero-order valence-electron chi connectivity index (χ0n) is 14.4. The molecule has 140 valence electrons. The molecule has 2 aliphatic rings. The van der Waals surface area contributed by atoms with Crippen LogP contribution in [0.5, 0.6) is 0 Å². The van der Waals surface area contributed by atoms with Crippen LogP contribution in [0.25, 0.3) is 0 Å². The van der Waals surface area contributed by atoms with Crippen molar-refractivity contribution in [3.63, 3.8) is 0 Å². The predicted molar refractivity (Wildman–Crippen MR) is 90.8 cm³/mol. The first-order valence-corrected chi connectivity index (χ1v) is 10.0. The molecule has 3 heterocycles. The minimum atomic E-state index is -3.55. The van der Waals surface area contributed by atoms with Gasteiger partial charge < -0.3 is 10.0 Å². The third-order valence-corrected chi connectivity index (χ3v) is 6.88. The Hall–Kier alpha value is -1.65. The molecular weight excluding hydrogens is 346 g/mol. The Labute approximate surface area is 147 Å². The number of hydrogen-bond donors (Lipinski definition) is 1. The van der Waals surface area contributed by atoms with Crippen LogP contribution in [0.4, 0.5) is 4.79 Å². The van der Waals surface area contributed by atoms with Crippen LogP contribution in [-0.4, -0.2) is 88.8 Å². The molecule has 0 aliphatic carbocycles. The van der Waals surface area contributed by atoms with Crippen LogP contribution >= 0.6 is 0 Å². The maximum absolute atomic E-state index is 13.0. The lowest BCUT2D eigenvalue weighted by atomic mass is 10.0. The normalized spacial score (nSPS) is 23.7. The number of piperazine rings is 1. The van der Waals surface area contributed by atoms with Gasteiger partial charge in [-0.25, -0.2) is 13.2 Å². The van der Waals surface area contributed by atoms with Crippen LogP contribution in [0.3, 0.4) is 0 Å². The maximum atomic E-state index is 13.0. The number of carbonyl (C=O) groups is 1. The highest BCUT2D eigenvalue weighted by molar-refractivity contribution is 7.89. The number of aryl methyl sites for hydroxylation is 1. The molecule has 1 N–H and O–H groups in total. The van der Waals surface area contributed by atoms with Gasteiger partial charge in [0, 0.05) is 58.6 Å². The van der Waals surface area contributed by atoms with Gasteiger partial charge in [-0.2, -0.15) is 9.40 Å².